The monoisotopic (exact) mass is 905 g/mol. The van der Waals surface area contributed by atoms with Crippen molar-refractivity contribution in [3.63, 3.8) is 0 Å². The molecule has 0 heterocycles. The Morgan fingerprint density at radius 2 is 0.585 bits per heavy atom. The molecule has 0 saturated carbocycles. The Bertz CT molecular complexity index is 1270. The van der Waals surface area contributed by atoms with Gasteiger partial charge in [-0.05, 0) is 109 Å². The first kappa shape index (κ1) is 61.6. The second kappa shape index (κ2) is 53.2. The number of unbranched alkanes of at least 4 members (excludes halogenated alkanes) is 23. The molecular formula is C59H100O6. The normalized spacial score (nSPS) is 12.7. The molecule has 0 rings (SSSR count). The van der Waals surface area contributed by atoms with Gasteiger partial charge in [-0.15, -0.1) is 0 Å². The quantitative estimate of drug-likeness (QED) is 0.0262. The summed E-state index contributed by atoms with van der Waals surface area (Å²) in [6.45, 7) is 6.49. The third kappa shape index (κ3) is 51.4. The fourth-order valence-corrected chi connectivity index (χ4v) is 7.21. The van der Waals surface area contributed by atoms with Crippen molar-refractivity contribution in [2.45, 2.75) is 258 Å². The van der Waals surface area contributed by atoms with E-state index in [1.807, 2.05) is 0 Å². The molecule has 0 bridgehead atoms. The zero-order valence-corrected chi connectivity index (χ0v) is 42.5. The van der Waals surface area contributed by atoms with Crippen LogP contribution in [0.1, 0.15) is 252 Å². The number of hydrogen-bond acceptors (Lipinski definition) is 6. The van der Waals surface area contributed by atoms with Crippen LogP contribution in [0.4, 0.5) is 0 Å². The molecule has 0 saturated heterocycles. The van der Waals surface area contributed by atoms with E-state index in [1.54, 1.807) is 0 Å². The lowest BCUT2D eigenvalue weighted by Crippen LogP contribution is -2.30. The highest BCUT2D eigenvalue weighted by molar-refractivity contribution is 5.71. The van der Waals surface area contributed by atoms with E-state index in [9.17, 15) is 14.4 Å². The molecule has 0 radical (unpaired) electrons. The number of carbonyl (C=O) groups is 3. The number of ether oxygens (including phenoxy) is 3. The summed E-state index contributed by atoms with van der Waals surface area (Å²) in [5.74, 6) is -0.973. The van der Waals surface area contributed by atoms with E-state index < -0.39 is 6.10 Å². The van der Waals surface area contributed by atoms with Crippen LogP contribution in [0.3, 0.4) is 0 Å². The van der Waals surface area contributed by atoms with Crippen LogP contribution in [0, 0.1) is 0 Å². The Labute approximate surface area is 401 Å². The van der Waals surface area contributed by atoms with Gasteiger partial charge in [0.2, 0.25) is 0 Å². The molecule has 0 aliphatic rings. The van der Waals surface area contributed by atoms with Gasteiger partial charge in [0.25, 0.3) is 0 Å². The highest BCUT2D eigenvalue weighted by Gasteiger charge is 2.19. The number of allylic oxidation sites excluding steroid dienone is 14. The number of carbonyl (C=O) groups excluding carboxylic acids is 3. The highest BCUT2D eigenvalue weighted by atomic mass is 16.6. The molecule has 0 aliphatic carbocycles. The van der Waals surface area contributed by atoms with Gasteiger partial charge in [-0.3, -0.25) is 14.4 Å². The smallest absolute Gasteiger partial charge is 0.306 e. The van der Waals surface area contributed by atoms with Crippen LogP contribution >= 0.6 is 0 Å². The van der Waals surface area contributed by atoms with Crippen molar-refractivity contribution in [3.8, 4) is 0 Å². The molecule has 1 atom stereocenters. The van der Waals surface area contributed by atoms with Gasteiger partial charge in [-0.2, -0.15) is 0 Å². The lowest BCUT2D eigenvalue weighted by Gasteiger charge is -2.18. The molecule has 0 spiro atoms. The largest absolute Gasteiger partial charge is 0.462 e. The van der Waals surface area contributed by atoms with Gasteiger partial charge in [0, 0.05) is 19.3 Å². The number of esters is 3. The van der Waals surface area contributed by atoms with Gasteiger partial charge in [0.05, 0.1) is 0 Å². The summed E-state index contributed by atoms with van der Waals surface area (Å²) < 4.78 is 16.8. The van der Waals surface area contributed by atoms with Crippen molar-refractivity contribution >= 4 is 17.9 Å². The average Bonchev–Trinajstić information content (AvgIpc) is 3.30. The van der Waals surface area contributed by atoms with Crippen LogP contribution in [0.2, 0.25) is 0 Å². The van der Waals surface area contributed by atoms with Gasteiger partial charge in [-0.1, -0.05) is 209 Å². The van der Waals surface area contributed by atoms with Gasteiger partial charge in [0.15, 0.2) is 6.10 Å². The van der Waals surface area contributed by atoms with E-state index in [-0.39, 0.29) is 37.5 Å². The molecule has 0 aromatic carbocycles. The summed E-state index contributed by atoms with van der Waals surface area (Å²) >= 11 is 0. The first-order valence-corrected chi connectivity index (χ1v) is 27.1. The summed E-state index contributed by atoms with van der Waals surface area (Å²) in [6, 6.07) is 0. The standard InChI is InChI=1S/C59H100O6/c1-4-7-10-13-16-19-22-24-26-28-29-31-32-34-37-40-43-46-49-52-58(61)64-55-56(54-63-57(60)51-48-45-42-39-36-21-18-15-12-9-6-3)65-59(62)53-50-47-44-41-38-35-33-30-27-25-23-20-17-14-11-8-5-2/h15-20,24-27,33,35,41,44,56H,4-14,21-23,28-32,34,36-40,42-43,45-55H2,1-3H3/b18-15-,19-16-,20-17-,26-24-,27-25-,35-33-,44-41-/t56-/m0/s1. The fourth-order valence-electron chi connectivity index (χ4n) is 7.21. The predicted molar refractivity (Wildman–Crippen MR) is 279 cm³/mol. The Kier molecular flexibility index (Phi) is 50.4. The molecule has 65 heavy (non-hydrogen) atoms. The van der Waals surface area contributed by atoms with E-state index >= 15 is 0 Å². The lowest BCUT2D eigenvalue weighted by molar-refractivity contribution is -0.167. The van der Waals surface area contributed by atoms with Crippen LogP contribution in [-0.2, 0) is 28.6 Å². The van der Waals surface area contributed by atoms with E-state index in [4.69, 9.17) is 14.2 Å². The molecule has 372 valence electrons. The molecule has 0 aromatic rings. The number of rotatable bonds is 48. The Hall–Kier alpha value is -3.41. The minimum atomic E-state index is -0.810. The van der Waals surface area contributed by atoms with Gasteiger partial charge in [0.1, 0.15) is 13.2 Å². The summed E-state index contributed by atoms with van der Waals surface area (Å²) in [5.41, 5.74) is 0. The van der Waals surface area contributed by atoms with E-state index in [2.05, 4.69) is 106 Å². The second-order valence-electron chi connectivity index (χ2n) is 17.8. The fraction of sp³-hybridized carbons (Fsp3) is 0.712. The molecule has 0 N–H and O–H groups in total. The summed E-state index contributed by atoms with van der Waals surface area (Å²) in [4.78, 5) is 38.0. The van der Waals surface area contributed by atoms with Crippen molar-refractivity contribution < 1.29 is 28.6 Å². The van der Waals surface area contributed by atoms with Crippen LogP contribution in [-0.4, -0.2) is 37.2 Å². The Morgan fingerprint density at radius 3 is 0.969 bits per heavy atom. The molecule has 0 amide bonds. The van der Waals surface area contributed by atoms with E-state index in [0.717, 1.165) is 83.5 Å². The van der Waals surface area contributed by atoms with Crippen molar-refractivity contribution in [2.75, 3.05) is 13.2 Å². The van der Waals surface area contributed by atoms with Crippen LogP contribution in [0.25, 0.3) is 0 Å². The van der Waals surface area contributed by atoms with Gasteiger partial charge in [-0.25, -0.2) is 0 Å². The SMILES string of the molecule is CCCC/C=C\CCCCCCCC(=O)OC[C@@H](COC(=O)CCCCCCCCCCC/C=C\C/C=C\CCCCC)OC(=O)CCC/C=C\C/C=C\C/C=C\C/C=C\CCCCC. The minimum absolute atomic E-state index is 0.103. The van der Waals surface area contributed by atoms with E-state index in [1.165, 1.54) is 122 Å². The van der Waals surface area contributed by atoms with Crippen LogP contribution in [0.5, 0.6) is 0 Å². The first-order chi connectivity index (χ1) is 32.0. The molecule has 0 fully saturated rings. The van der Waals surface area contributed by atoms with Crippen molar-refractivity contribution in [1.82, 2.24) is 0 Å². The maximum atomic E-state index is 12.8. The van der Waals surface area contributed by atoms with Crippen molar-refractivity contribution in [3.05, 3.63) is 85.1 Å². The van der Waals surface area contributed by atoms with Crippen LogP contribution < -0.4 is 0 Å². The molecule has 0 aromatic heterocycles. The highest BCUT2D eigenvalue weighted by Crippen LogP contribution is 2.14. The first-order valence-electron chi connectivity index (χ1n) is 27.1. The topological polar surface area (TPSA) is 78.9 Å². The maximum absolute atomic E-state index is 12.8. The zero-order chi connectivity index (χ0) is 47.2. The maximum Gasteiger partial charge on any atom is 0.306 e. The zero-order valence-electron chi connectivity index (χ0n) is 42.5. The third-order valence-corrected chi connectivity index (χ3v) is 11.3. The molecule has 6 nitrogen and oxygen atoms in total. The third-order valence-electron chi connectivity index (χ3n) is 11.3. The summed E-state index contributed by atoms with van der Waals surface area (Å²) in [7, 11) is 0. The predicted octanol–water partition coefficient (Wildman–Crippen LogP) is 18.0. The van der Waals surface area contributed by atoms with Crippen LogP contribution in [0.15, 0.2) is 85.1 Å². The lowest BCUT2D eigenvalue weighted by atomic mass is 10.1. The Balaban J connectivity index is 4.44. The molecule has 0 unspecified atom stereocenters. The van der Waals surface area contributed by atoms with Gasteiger partial charge < -0.3 is 14.2 Å². The molecular weight excluding hydrogens is 805 g/mol. The van der Waals surface area contributed by atoms with Gasteiger partial charge >= 0.3 is 17.9 Å². The summed E-state index contributed by atoms with van der Waals surface area (Å²) in [5, 5.41) is 0. The molecule has 0 aliphatic heterocycles. The Morgan fingerprint density at radius 1 is 0.308 bits per heavy atom. The second-order valence-corrected chi connectivity index (χ2v) is 17.8. The average molecular weight is 905 g/mol. The molecule has 6 heteroatoms. The minimum Gasteiger partial charge on any atom is -0.462 e. The van der Waals surface area contributed by atoms with E-state index in [0.29, 0.717) is 19.3 Å². The number of hydrogen-bond donors (Lipinski definition) is 0. The van der Waals surface area contributed by atoms with Crippen molar-refractivity contribution in [1.29, 1.82) is 0 Å². The van der Waals surface area contributed by atoms with Crippen molar-refractivity contribution in [2.24, 2.45) is 0 Å². The summed E-state index contributed by atoms with van der Waals surface area (Å²) in [6.07, 6.45) is 68.6.